The third-order valence-electron chi connectivity index (χ3n) is 2.54. The molecule has 0 aliphatic carbocycles. The van der Waals surface area contributed by atoms with Crippen molar-refractivity contribution in [1.29, 1.82) is 0 Å². The lowest BCUT2D eigenvalue weighted by Crippen LogP contribution is -2.35. The predicted molar refractivity (Wildman–Crippen MR) is 62.5 cm³/mol. The summed E-state index contributed by atoms with van der Waals surface area (Å²) in [4.78, 5) is 11.7. The van der Waals surface area contributed by atoms with Crippen LogP contribution in [0, 0.1) is 0 Å². The summed E-state index contributed by atoms with van der Waals surface area (Å²) < 4.78 is 0. The third-order valence-corrected chi connectivity index (χ3v) is 2.79. The molecule has 2 rings (SSSR count). The number of amides is 1. The molecule has 1 aromatic rings. The first kappa shape index (κ1) is 11.4. The van der Waals surface area contributed by atoms with Gasteiger partial charge in [0, 0.05) is 17.3 Å². The van der Waals surface area contributed by atoms with Crippen LogP contribution in [-0.4, -0.2) is 29.7 Å². The second kappa shape index (κ2) is 4.82. The Morgan fingerprint density at radius 1 is 1.44 bits per heavy atom. The van der Waals surface area contributed by atoms with Crippen molar-refractivity contribution in [3.05, 3.63) is 29.3 Å². The Morgan fingerprint density at radius 2 is 2.12 bits per heavy atom. The Bertz CT molecular complexity index is 380. The van der Waals surface area contributed by atoms with Crippen LogP contribution in [0.3, 0.4) is 0 Å². The van der Waals surface area contributed by atoms with Crippen molar-refractivity contribution in [3.63, 3.8) is 0 Å². The first-order chi connectivity index (χ1) is 7.65. The normalized spacial score (nSPS) is 24.4. The van der Waals surface area contributed by atoms with Gasteiger partial charge < -0.3 is 15.7 Å². The fourth-order valence-electron chi connectivity index (χ4n) is 1.68. The molecular weight excluding hydrogens is 228 g/mol. The Balaban J connectivity index is 1.94. The van der Waals surface area contributed by atoms with E-state index in [0.717, 1.165) is 0 Å². The number of carbonyl (C=O) groups excluding carboxylic acids is 1. The lowest BCUT2D eigenvalue weighted by Gasteiger charge is -2.10. The van der Waals surface area contributed by atoms with Crippen molar-refractivity contribution in [2.75, 3.05) is 11.9 Å². The van der Waals surface area contributed by atoms with Gasteiger partial charge in [0.2, 0.25) is 5.91 Å². The van der Waals surface area contributed by atoms with E-state index in [1.807, 2.05) is 0 Å². The first-order valence-electron chi connectivity index (χ1n) is 5.13. The summed E-state index contributed by atoms with van der Waals surface area (Å²) in [5.41, 5.74) is 0.706. The van der Waals surface area contributed by atoms with Gasteiger partial charge in [-0.25, -0.2) is 0 Å². The average molecular weight is 241 g/mol. The van der Waals surface area contributed by atoms with E-state index in [-0.39, 0.29) is 11.9 Å². The van der Waals surface area contributed by atoms with Crippen LogP contribution in [0.4, 0.5) is 5.69 Å². The molecule has 0 spiro atoms. The Hall–Kier alpha value is -1.10. The first-order valence-corrected chi connectivity index (χ1v) is 5.51. The molecule has 0 aromatic heterocycles. The van der Waals surface area contributed by atoms with E-state index >= 15 is 0 Å². The van der Waals surface area contributed by atoms with E-state index in [1.54, 1.807) is 24.3 Å². The van der Waals surface area contributed by atoms with Gasteiger partial charge in [-0.2, -0.15) is 0 Å². The summed E-state index contributed by atoms with van der Waals surface area (Å²) in [7, 11) is 0. The van der Waals surface area contributed by atoms with Crippen molar-refractivity contribution in [2.24, 2.45) is 0 Å². The number of rotatable bonds is 2. The van der Waals surface area contributed by atoms with Gasteiger partial charge in [-0.05, 0) is 30.7 Å². The van der Waals surface area contributed by atoms with E-state index in [1.165, 1.54) is 0 Å². The van der Waals surface area contributed by atoms with Gasteiger partial charge in [0.05, 0.1) is 12.1 Å². The van der Waals surface area contributed by atoms with Crippen LogP contribution in [0.2, 0.25) is 5.02 Å². The number of aliphatic hydroxyl groups is 1. The number of aliphatic hydroxyl groups excluding tert-OH is 1. The zero-order valence-electron chi connectivity index (χ0n) is 8.61. The van der Waals surface area contributed by atoms with E-state index < -0.39 is 6.10 Å². The number of halogens is 1. The number of anilines is 1. The summed E-state index contributed by atoms with van der Waals surface area (Å²) >= 11 is 5.74. The molecular formula is C11H13ClN2O2. The minimum absolute atomic E-state index is 0.126. The molecule has 0 radical (unpaired) electrons. The van der Waals surface area contributed by atoms with E-state index in [0.29, 0.717) is 23.7 Å². The van der Waals surface area contributed by atoms with Crippen molar-refractivity contribution >= 4 is 23.2 Å². The van der Waals surface area contributed by atoms with Crippen molar-refractivity contribution < 1.29 is 9.90 Å². The molecule has 0 bridgehead atoms. The highest BCUT2D eigenvalue weighted by Crippen LogP contribution is 2.15. The van der Waals surface area contributed by atoms with Gasteiger partial charge in [0.15, 0.2) is 0 Å². The highest BCUT2D eigenvalue weighted by atomic mass is 35.5. The molecule has 3 N–H and O–H groups in total. The molecule has 0 saturated carbocycles. The molecule has 1 fully saturated rings. The fraction of sp³-hybridized carbons (Fsp3) is 0.364. The highest BCUT2D eigenvalue weighted by molar-refractivity contribution is 6.30. The molecule has 5 heteroatoms. The number of β-amino-alcohol motifs (C(OH)–C–C–N with tert-alkyl or cyclic N) is 1. The quantitative estimate of drug-likeness (QED) is 0.723. The molecule has 4 nitrogen and oxygen atoms in total. The molecule has 1 heterocycles. The van der Waals surface area contributed by atoms with Crippen LogP contribution in [0.1, 0.15) is 6.42 Å². The van der Waals surface area contributed by atoms with Crippen LogP contribution in [0.25, 0.3) is 0 Å². The van der Waals surface area contributed by atoms with Crippen molar-refractivity contribution in [3.8, 4) is 0 Å². The Morgan fingerprint density at radius 3 is 2.69 bits per heavy atom. The predicted octanol–water partition coefficient (Wildman–Crippen LogP) is 1.00. The topological polar surface area (TPSA) is 61.4 Å². The number of nitrogens with one attached hydrogen (secondary N) is 2. The van der Waals surface area contributed by atoms with E-state index in [4.69, 9.17) is 11.6 Å². The number of hydrogen-bond donors (Lipinski definition) is 3. The molecule has 1 saturated heterocycles. The second-order valence-corrected chi connectivity index (χ2v) is 4.28. The summed E-state index contributed by atoms with van der Waals surface area (Å²) in [6, 6.07) is 6.60. The summed E-state index contributed by atoms with van der Waals surface area (Å²) in [5, 5.41) is 15.6. The van der Waals surface area contributed by atoms with E-state index in [9.17, 15) is 9.90 Å². The minimum Gasteiger partial charge on any atom is -0.392 e. The largest absolute Gasteiger partial charge is 0.392 e. The number of hydrogen-bond acceptors (Lipinski definition) is 3. The average Bonchev–Trinajstić information content (AvgIpc) is 2.68. The van der Waals surface area contributed by atoms with Gasteiger partial charge in [-0.1, -0.05) is 11.6 Å². The minimum atomic E-state index is -0.430. The third kappa shape index (κ3) is 2.72. The summed E-state index contributed by atoms with van der Waals surface area (Å²) in [6.45, 7) is 0.471. The zero-order valence-corrected chi connectivity index (χ0v) is 9.37. The maximum absolute atomic E-state index is 11.7. The van der Waals surface area contributed by atoms with Crippen LogP contribution in [-0.2, 0) is 4.79 Å². The van der Waals surface area contributed by atoms with Crippen LogP contribution in [0.5, 0.6) is 0 Å². The Kier molecular flexibility index (Phi) is 3.43. The summed E-state index contributed by atoms with van der Waals surface area (Å²) in [5.74, 6) is -0.126. The standard InChI is InChI=1S/C11H13ClN2O2/c12-7-1-3-8(4-2-7)14-11(16)10-5-9(15)6-13-10/h1-4,9-10,13,15H,5-6H2,(H,14,16). The molecule has 86 valence electrons. The Labute approximate surface area is 98.6 Å². The van der Waals surface area contributed by atoms with Gasteiger partial charge in [0.1, 0.15) is 0 Å². The van der Waals surface area contributed by atoms with Gasteiger partial charge >= 0.3 is 0 Å². The van der Waals surface area contributed by atoms with Gasteiger partial charge in [0.25, 0.3) is 0 Å². The zero-order chi connectivity index (χ0) is 11.5. The van der Waals surface area contributed by atoms with Crippen LogP contribution < -0.4 is 10.6 Å². The molecule has 1 amide bonds. The maximum atomic E-state index is 11.7. The second-order valence-electron chi connectivity index (χ2n) is 3.85. The van der Waals surface area contributed by atoms with Gasteiger partial charge in [-0.15, -0.1) is 0 Å². The van der Waals surface area contributed by atoms with Crippen LogP contribution in [0.15, 0.2) is 24.3 Å². The van der Waals surface area contributed by atoms with Crippen molar-refractivity contribution in [2.45, 2.75) is 18.6 Å². The molecule has 1 aliphatic heterocycles. The lowest BCUT2D eigenvalue weighted by atomic mass is 10.2. The summed E-state index contributed by atoms with van der Waals surface area (Å²) in [6.07, 6.45) is 0.0281. The fourth-order valence-corrected chi connectivity index (χ4v) is 1.81. The van der Waals surface area contributed by atoms with E-state index in [2.05, 4.69) is 10.6 Å². The number of benzene rings is 1. The molecule has 2 atom stereocenters. The lowest BCUT2D eigenvalue weighted by molar-refractivity contribution is -0.117. The van der Waals surface area contributed by atoms with Crippen LogP contribution >= 0.6 is 11.6 Å². The molecule has 1 aliphatic rings. The smallest absolute Gasteiger partial charge is 0.241 e. The molecule has 2 unspecified atom stereocenters. The number of carbonyl (C=O) groups is 1. The van der Waals surface area contributed by atoms with Crippen molar-refractivity contribution in [1.82, 2.24) is 5.32 Å². The molecule has 16 heavy (non-hydrogen) atoms. The van der Waals surface area contributed by atoms with Gasteiger partial charge in [-0.3, -0.25) is 4.79 Å². The SMILES string of the molecule is O=C(Nc1ccc(Cl)cc1)C1CC(O)CN1. The maximum Gasteiger partial charge on any atom is 0.241 e. The monoisotopic (exact) mass is 240 g/mol. The molecule has 1 aromatic carbocycles. The highest BCUT2D eigenvalue weighted by Gasteiger charge is 2.27.